The Labute approximate surface area is 109 Å². The van der Waals surface area contributed by atoms with Crippen LogP contribution in [0.5, 0.6) is 0 Å². The molecule has 0 saturated heterocycles. The third-order valence-corrected chi connectivity index (χ3v) is 3.44. The number of hydrogen-bond acceptors (Lipinski definition) is 4. The summed E-state index contributed by atoms with van der Waals surface area (Å²) in [7, 11) is 1.73. The highest BCUT2D eigenvalue weighted by molar-refractivity contribution is 7.99. The van der Waals surface area contributed by atoms with Crippen LogP contribution in [0.3, 0.4) is 0 Å². The molecule has 0 aliphatic rings. The minimum absolute atomic E-state index is 0.602. The van der Waals surface area contributed by atoms with Crippen LogP contribution in [-0.2, 0) is 4.74 Å². The Morgan fingerprint density at radius 2 is 2.12 bits per heavy atom. The summed E-state index contributed by atoms with van der Waals surface area (Å²) in [4.78, 5) is 2.98. The monoisotopic (exact) mass is 264 g/mol. The van der Waals surface area contributed by atoms with Crippen LogP contribution >= 0.6 is 24.0 Å². The summed E-state index contributed by atoms with van der Waals surface area (Å²) in [5.41, 5.74) is 5.52. The Morgan fingerprint density at radius 3 is 2.69 bits per heavy atom. The zero-order valence-electron chi connectivity index (χ0n) is 10.4. The van der Waals surface area contributed by atoms with Crippen molar-refractivity contribution in [2.45, 2.75) is 19.8 Å². The second-order valence-corrected chi connectivity index (χ2v) is 5.52. The van der Waals surface area contributed by atoms with Crippen molar-refractivity contribution in [2.24, 2.45) is 5.73 Å². The van der Waals surface area contributed by atoms with E-state index in [1.54, 1.807) is 7.11 Å². The lowest BCUT2D eigenvalue weighted by molar-refractivity contribution is 0.149. The number of ether oxygens (including phenoxy) is 1. The fourth-order valence-corrected chi connectivity index (χ4v) is 2.07. The molecule has 0 spiro atoms. The van der Waals surface area contributed by atoms with Crippen molar-refractivity contribution in [3.63, 3.8) is 0 Å². The van der Waals surface area contributed by atoms with E-state index in [9.17, 15) is 0 Å². The summed E-state index contributed by atoms with van der Waals surface area (Å²) in [6, 6.07) is 0. The number of thiocarbonyl (C=S) groups is 1. The van der Waals surface area contributed by atoms with Gasteiger partial charge in [0.2, 0.25) is 0 Å². The third kappa shape index (κ3) is 10.7. The lowest BCUT2D eigenvalue weighted by Crippen LogP contribution is -2.31. The Hall–Kier alpha value is 0.160. The summed E-state index contributed by atoms with van der Waals surface area (Å²) in [6.07, 6.45) is 2.03. The molecule has 0 aliphatic carbocycles. The molecule has 5 heteroatoms. The van der Waals surface area contributed by atoms with Gasteiger partial charge in [-0.3, -0.25) is 0 Å². The predicted molar refractivity (Wildman–Crippen MR) is 77.3 cm³/mol. The molecule has 3 nitrogen and oxygen atoms in total. The molecule has 0 radical (unpaired) electrons. The van der Waals surface area contributed by atoms with Gasteiger partial charge in [0.15, 0.2) is 0 Å². The fourth-order valence-electron chi connectivity index (χ4n) is 1.36. The van der Waals surface area contributed by atoms with Crippen LogP contribution in [0.1, 0.15) is 19.8 Å². The summed E-state index contributed by atoms with van der Waals surface area (Å²) in [5.74, 6) is 2.43. The van der Waals surface area contributed by atoms with Crippen LogP contribution < -0.4 is 5.73 Å². The van der Waals surface area contributed by atoms with Gasteiger partial charge in [-0.1, -0.05) is 19.1 Å². The van der Waals surface area contributed by atoms with E-state index in [1.807, 2.05) is 11.8 Å². The molecule has 0 atom stereocenters. The maximum absolute atomic E-state index is 5.52. The lowest BCUT2D eigenvalue weighted by atomic mass is 10.3. The lowest BCUT2D eigenvalue weighted by Gasteiger charge is -2.21. The van der Waals surface area contributed by atoms with E-state index in [0.29, 0.717) is 4.99 Å². The van der Waals surface area contributed by atoms with Crippen molar-refractivity contribution in [2.75, 3.05) is 44.9 Å². The first-order valence-corrected chi connectivity index (χ1v) is 7.34. The van der Waals surface area contributed by atoms with Crippen molar-refractivity contribution in [3.05, 3.63) is 0 Å². The fraction of sp³-hybridized carbons (Fsp3) is 0.909. The highest BCUT2D eigenvalue weighted by atomic mass is 32.2. The number of thioether (sulfide) groups is 1. The van der Waals surface area contributed by atoms with Gasteiger partial charge in [0, 0.05) is 26.6 Å². The van der Waals surface area contributed by atoms with Gasteiger partial charge in [0.05, 0.1) is 11.6 Å². The summed E-state index contributed by atoms with van der Waals surface area (Å²) in [5, 5.41) is 0. The quantitative estimate of drug-likeness (QED) is 0.455. The van der Waals surface area contributed by atoms with E-state index in [1.165, 1.54) is 17.9 Å². The molecule has 0 aromatic carbocycles. The highest BCUT2D eigenvalue weighted by Crippen LogP contribution is 2.03. The maximum atomic E-state index is 5.52. The smallest absolute Gasteiger partial charge is 0.0740 e. The molecular weight excluding hydrogens is 240 g/mol. The summed E-state index contributed by atoms with van der Waals surface area (Å²) >= 11 is 6.89. The molecule has 16 heavy (non-hydrogen) atoms. The zero-order valence-corrected chi connectivity index (χ0v) is 12.0. The molecule has 0 fully saturated rings. The Morgan fingerprint density at radius 1 is 1.38 bits per heavy atom. The van der Waals surface area contributed by atoms with Crippen LogP contribution in [-0.4, -0.2) is 54.7 Å². The molecule has 0 aromatic rings. The standard InChI is InChI=1S/C11H24N2OS2/c1-3-16-10-4-6-13(8-9-14-2)7-5-11(12)15/h3-10H2,1-2H3,(H2,12,15). The second kappa shape index (κ2) is 11.6. The van der Waals surface area contributed by atoms with Gasteiger partial charge >= 0.3 is 0 Å². The molecule has 0 amide bonds. The van der Waals surface area contributed by atoms with E-state index < -0.39 is 0 Å². The van der Waals surface area contributed by atoms with Crippen LogP contribution in [0.2, 0.25) is 0 Å². The highest BCUT2D eigenvalue weighted by Gasteiger charge is 2.04. The average molecular weight is 264 g/mol. The summed E-state index contributed by atoms with van der Waals surface area (Å²) in [6.45, 7) is 6.00. The molecule has 0 rings (SSSR count). The van der Waals surface area contributed by atoms with Crippen LogP contribution in [0.4, 0.5) is 0 Å². The molecule has 0 heterocycles. The van der Waals surface area contributed by atoms with Gasteiger partial charge < -0.3 is 15.4 Å². The van der Waals surface area contributed by atoms with E-state index in [4.69, 9.17) is 22.7 Å². The Bertz CT molecular complexity index is 179. The molecule has 0 unspecified atom stereocenters. The molecule has 96 valence electrons. The molecule has 0 saturated carbocycles. The predicted octanol–water partition coefficient (Wildman–Crippen LogP) is 1.75. The van der Waals surface area contributed by atoms with Crippen molar-refractivity contribution in [1.82, 2.24) is 4.90 Å². The first kappa shape index (κ1) is 16.2. The van der Waals surface area contributed by atoms with Gasteiger partial charge in [-0.05, 0) is 24.5 Å². The minimum Gasteiger partial charge on any atom is -0.393 e. The molecule has 2 N–H and O–H groups in total. The van der Waals surface area contributed by atoms with E-state index >= 15 is 0 Å². The molecule has 0 aliphatic heterocycles. The maximum Gasteiger partial charge on any atom is 0.0740 e. The number of hydrogen-bond donors (Lipinski definition) is 1. The second-order valence-electron chi connectivity index (χ2n) is 3.60. The van der Waals surface area contributed by atoms with Gasteiger partial charge in [0.25, 0.3) is 0 Å². The number of methoxy groups -OCH3 is 1. The van der Waals surface area contributed by atoms with Gasteiger partial charge in [-0.25, -0.2) is 0 Å². The zero-order chi connectivity index (χ0) is 12.2. The SMILES string of the molecule is CCSCCCN(CCOC)CCC(N)=S. The third-order valence-electron chi connectivity index (χ3n) is 2.25. The number of nitrogens with zero attached hydrogens (tertiary/aromatic N) is 1. The van der Waals surface area contributed by atoms with Crippen molar-refractivity contribution in [1.29, 1.82) is 0 Å². The minimum atomic E-state index is 0.602. The van der Waals surface area contributed by atoms with E-state index in [2.05, 4.69) is 11.8 Å². The Kier molecular flexibility index (Phi) is 11.8. The molecule has 0 bridgehead atoms. The van der Waals surface area contributed by atoms with Crippen molar-refractivity contribution >= 4 is 29.0 Å². The van der Waals surface area contributed by atoms with Gasteiger partial charge in [0.1, 0.15) is 0 Å². The first-order chi connectivity index (χ1) is 7.70. The summed E-state index contributed by atoms with van der Waals surface area (Å²) < 4.78 is 5.10. The van der Waals surface area contributed by atoms with Crippen LogP contribution in [0.25, 0.3) is 0 Å². The molecule has 0 aromatic heterocycles. The number of rotatable bonds is 11. The largest absolute Gasteiger partial charge is 0.393 e. The van der Waals surface area contributed by atoms with Crippen LogP contribution in [0, 0.1) is 0 Å². The van der Waals surface area contributed by atoms with Crippen molar-refractivity contribution < 1.29 is 4.74 Å². The first-order valence-electron chi connectivity index (χ1n) is 5.78. The topological polar surface area (TPSA) is 38.5 Å². The Balaban J connectivity index is 3.66. The van der Waals surface area contributed by atoms with E-state index in [-0.39, 0.29) is 0 Å². The van der Waals surface area contributed by atoms with Crippen LogP contribution in [0.15, 0.2) is 0 Å². The van der Waals surface area contributed by atoms with Crippen molar-refractivity contribution in [3.8, 4) is 0 Å². The number of nitrogens with two attached hydrogens (primary N) is 1. The van der Waals surface area contributed by atoms with E-state index in [0.717, 1.165) is 32.7 Å². The average Bonchev–Trinajstić information content (AvgIpc) is 2.26. The molecular formula is C11H24N2OS2. The normalized spacial score (nSPS) is 10.9. The van der Waals surface area contributed by atoms with Gasteiger partial charge in [-0.2, -0.15) is 11.8 Å². The van der Waals surface area contributed by atoms with Gasteiger partial charge in [-0.15, -0.1) is 0 Å².